The van der Waals surface area contributed by atoms with Crippen molar-refractivity contribution < 1.29 is 14.4 Å². The lowest BCUT2D eigenvalue weighted by atomic mass is 10.5. The summed E-state index contributed by atoms with van der Waals surface area (Å²) in [5.41, 5.74) is 0.0939. The lowest BCUT2D eigenvalue weighted by Gasteiger charge is -2.07. The molecule has 2 aromatic heterocycles. The number of hydrogen-bond donors (Lipinski definition) is 4. The van der Waals surface area contributed by atoms with Gasteiger partial charge in [-0.2, -0.15) is 0 Å². The first-order chi connectivity index (χ1) is 6.50. The molecule has 8 nitrogen and oxygen atoms in total. The van der Waals surface area contributed by atoms with Crippen LogP contribution in [-0.2, 0) is 4.57 Å². The Hall–Kier alpha value is -1.50. The Morgan fingerprint density at radius 1 is 1.50 bits per heavy atom. The van der Waals surface area contributed by atoms with Gasteiger partial charge >= 0.3 is 7.75 Å². The Morgan fingerprint density at radius 2 is 2.21 bits per heavy atom. The van der Waals surface area contributed by atoms with Crippen LogP contribution >= 0.6 is 7.75 Å². The molecule has 14 heavy (non-hydrogen) atoms. The lowest BCUT2D eigenvalue weighted by Crippen LogP contribution is -2.11. The molecule has 4 N–H and O–H groups in total. The molecule has 2 rings (SSSR count). The summed E-state index contributed by atoms with van der Waals surface area (Å²) in [6, 6.07) is 0. The van der Waals surface area contributed by atoms with E-state index in [9.17, 15) is 4.57 Å². The van der Waals surface area contributed by atoms with Gasteiger partial charge in [0.1, 0.15) is 11.8 Å². The molecule has 2 heterocycles. The van der Waals surface area contributed by atoms with Gasteiger partial charge in [-0.25, -0.2) is 18.9 Å². The van der Waals surface area contributed by atoms with Gasteiger partial charge in [0.25, 0.3) is 0 Å². The molecule has 0 aliphatic heterocycles. The van der Waals surface area contributed by atoms with E-state index >= 15 is 0 Å². The molecule has 0 saturated heterocycles. The number of aromatic amines is 1. The summed E-state index contributed by atoms with van der Waals surface area (Å²) < 4.78 is 11.6. The Labute approximate surface area is 77.0 Å². The first-order valence-corrected chi connectivity index (χ1v) is 5.08. The van der Waals surface area contributed by atoms with Gasteiger partial charge in [-0.05, 0) is 0 Å². The van der Waals surface area contributed by atoms with Crippen molar-refractivity contribution in [1.82, 2.24) is 19.3 Å². The Morgan fingerprint density at radius 3 is 2.86 bits per heavy atom. The van der Waals surface area contributed by atoms with Crippen molar-refractivity contribution in [1.29, 1.82) is 5.41 Å². The van der Waals surface area contributed by atoms with Gasteiger partial charge in [-0.15, -0.1) is 0 Å². The number of nitrogens with one attached hydrogen (secondary N) is 2. The summed E-state index contributed by atoms with van der Waals surface area (Å²) >= 11 is 0. The predicted octanol–water partition coefficient (Wildman–Crippen LogP) is -0.820. The minimum Gasteiger partial charge on any atom is -0.340 e. The molecule has 0 fully saturated rings. The van der Waals surface area contributed by atoms with E-state index in [1.54, 1.807) is 0 Å². The molecule has 74 valence electrons. The standard InChI is InChI=1S/C5H6N5O3P/c6-4-3-5(8-1-7-3)10(2-9-4)14(11,12)13/h1-2,6H,(H,7,8)(H2,11,12,13). The van der Waals surface area contributed by atoms with E-state index in [1.165, 1.54) is 6.33 Å². The molecule has 0 atom stereocenters. The number of fused-ring (bicyclic) bond motifs is 1. The largest absolute Gasteiger partial charge is 0.436 e. The summed E-state index contributed by atoms with van der Waals surface area (Å²) in [4.78, 5) is 27.6. The van der Waals surface area contributed by atoms with Gasteiger partial charge in [0.05, 0.1) is 6.33 Å². The van der Waals surface area contributed by atoms with Crippen molar-refractivity contribution in [3.05, 3.63) is 18.1 Å². The highest BCUT2D eigenvalue weighted by Crippen LogP contribution is 2.37. The maximum atomic E-state index is 11.0. The molecule has 9 heteroatoms. The van der Waals surface area contributed by atoms with Crippen LogP contribution in [0.2, 0.25) is 0 Å². The second kappa shape index (κ2) is 2.74. The highest BCUT2D eigenvalue weighted by molar-refractivity contribution is 7.50. The molecule has 0 aliphatic carbocycles. The van der Waals surface area contributed by atoms with E-state index in [1.807, 2.05) is 0 Å². The van der Waals surface area contributed by atoms with Gasteiger partial charge in [0.15, 0.2) is 11.1 Å². The van der Waals surface area contributed by atoms with Crippen molar-refractivity contribution in [2.75, 3.05) is 0 Å². The number of hydrogen-bond acceptors (Lipinski definition) is 4. The van der Waals surface area contributed by atoms with Crippen LogP contribution in [0.5, 0.6) is 0 Å². The fourth-order valence-electron chi connectivity index (χ4n) is 1.06. The highest BCUT2D eigenvalue weighted by atomic mass is 31.2. The van der Waals surface area contributed by atoms with Crippen molar-refractivity contribution in [2.24, 2.45) is 0 Å². The van der Waals surface area contributed by atoms with Crippen LogP contribution in [0.3, 0.4) is 0 Å². The lowest BCUT2D eigenvalue weighted by molar-refractivity contribution is 0.362. The van der Waals surface area contributed by atoms with E-state index in [0.29, 0.717) is 4.34 Å². The van der Waals surface area contributed by atoms with Gasteiger partial charge in [0.2, 0.25) is 0 Å². The zero-order chi connectivity index (χ0) is 10.3. The minimum atomic E-state index is -4.46. The third-order valence-electron chi connectivity index (χ3n) is 1.65. The molecule has 0 aliphatic rings. The average Bonchev–Trinajstić information content (AvgIpc) is 2.50. The van der Waals surface area contributed by atoms with E-state index in [2.05, 4.69) is 15.0 Å². The van der Waals surface area contributed by atoms with E-state index < -0.39 is 7.75 Å². The van der Waals surface area contributed by atoms with Crippen LogP contribution in [0.15, 0.2) is 12.7 Å². The average molecular weight is 215 g/mol. The number of rotatable bonds is 1. The number of H-pyrrole nitrogens is 1. The zero-order valence-electron chi connectivity index (χ0n) is 6.75. The monoisotopic (exact) mass is 215 g/mol. The SMILES string of the molecule is N=c1ncn(P(=O)(O)O)c2nc[nH]c12. The number of aromatic nitrogens is 4. The van der Waals surface area contributed by atoms with Crippen molar-refractivity contribution in [3.8, 4) is 0 Å². The van der Waals surface area contributed by atoms with E-state index in [-0.39, 0.29) is 16.7 Å². The van der Waals surface area contributed by atoms with E-state index in [0.717, 1.165) is 6.33 Å². The van der Waals surface area contributed by atoms with Crippen LogP contribution in [0.25, 0.3) is 11.2 Å². The molecular formula is C5H6N5O3P. The molecular weight excluding hydrogens is 209 g/mol. The topological polar surface area (TPSA) is 128 Å². The summed E-state index contributed by atoms with van der Waals surface area (Å²) in [7, 11) is -4.46. The van der Waals surface area contributed by atoms with Crippen LogP contribution < -0.4 is 5.49 Å². The Bertz CT molecular complexity index is 580. The van der Waals surface area contributed by atoms with Crippen LogP contribution in [0, 0.1) is 5.41 Å². The minimum absolute atomic E-state index is 0.0123. The summed E-state index contributed by atoms with van der Waals surface area (Å²) in [5.74, 6) is 0. The number of nitrogens with zero attached hydrogens (tertiary/aromatic N) is 3. The normalized spacial score (nSPS) is 12.1. The van der Waals surface area contributed by atoms with Crippen LogP contribution in [0.1, 0.15) is 0 Å². The van der Waals surface area contributed by atoms with Crippen LogP contribution in [-0.4, -0.2) is 29.1 Å². The fraction of sp³-hybridized carbons (Fsp3) is 0. The van der Waals surface area contributed by atoms with Crippen molar-refractivity contribution >= 4 is 18.9 Å². The third-order valence-corrected chi connectivity index (χ3v) is 2.50. The molecule has 0 aromatic carbocycles. The fourth-order valence-corrected chi connectivity index (χ4v) is 1.64. The summed E-state index contributed by atoms with van der Waals surface area (Å²) in [6.45, 7) is 0. The van der Waals surface area contributed by atoms with Gasteiger partial charge < -0.3 is 14.8 Å². The Balaban J connectivity index is 2.93. The Kier molecular flexibility index (Phi) is 1.78. The maximum Gasteiger partial charge on any atom is 0.436 e. The van der Waals surface area contributed by atoms with Gasteiger partial charge in [-0.3, -0.25) is 5.41 Å². The van der Waals surface area contributed by atoms with E-state index in [4.69, 9.17) is 15.2 Å². The van der Waals surface area contributed by atoms with Crippen molar-refractivity contribution in [2.45, 2.75) is 0 Å². The highest BCUT2D eigenvalue weighted by Gasteiger charge is 2.19. The first-order valence-electron chi connectivity index (χ1n) is 3.52. The molecule has 0 unspecified atom stereocenters. The van der Waals surface area contributed by atoms with Gasteiger partial charge in [-0.1, -0.05) is 0 Å². The van der Waals surface area contributed by atoms with Crippen LogP contribution in [0.4, 0.5) is 0 Å². The molecule has 0 bridgehead atoms. The predicted molar refractivity (Wildman–Crippen MR) is 45.2 cm³/mol. The second-order valence-electron chi connectivity index (χ2n) is 2.55. The third kappa shape index (κ3) is 1.25. The zero-order valence-corrected chi connectivity index (χ0v) is 7.64. The maximum absolute atomic E-state index is 11.0. The second-order valence-corrected chi connectivity index (χ2v) is 4.01. The molecule has 0 saturated carbocycles. The van der Waals surface area contributed by atoms with Gasteiger partial charge in [0, 0.05) is 0 Å². The van der Waals surface area contributed by atoms with Crippen molar-refractivity contribution in [3.63, 3.8) is 0 Å². The molecule has 2 aromatic rings. The molecule has 0 amide bonds. The first kappa shape index (κ1) is 9.07. The smallest absolute Gasteiger partial charge is 0.340 e. The molecule has 0 radical (unpaired) electrons. The summed E-state index contributed by atoms with van der Waals surface area (Å²) in [6.07, 6.45) is 2.14. The number of imidazole rings is 1. The quantitative estimate of drug-likeness (QED) is 0.462. The molecule has 0 spiro atoms. The summed E-state index contributed by atoms with van der Waals surface area (Å²) in [5, 5.41) is 7.33.